The number of aryl methyl sites for hydroxylation is 1. The Morgan fingerprint density at radius 1 is 1.38 bits per heavy atom. The fourth-order valence-corrected chi connectivity index (χ4v) is 1.96. The predicted molar refractivity (Wildman–Crippen MR) is 72.9 cm³/mol. The number of rotatable bonds is 7. The summed E-state index contributed by atoms with van der Waals surface area (Å²) in [7, 11) is 0. The molecule has 1 heterocycles. The summed E-state index contributed by atoms with van der Waals surface area (Å²) < 4.78 is 19.8. The second-order valence-electron chi connectivity index (χ2n) is 4.42. The molecule has 112 valence electrons. The third-order valence-electron chi connectivity index (χ3n) is 2.97. The van der Waals surface area contributed by atoms with Crippen molar-refractivity contribution >= 4 is 5.97 Å². The smallest absolute Gasteiger partial charge is 0.358 e. The first-order valence-corrected chi connectivity index (χ1v) is 6.65. The van der Waals surface area contributed by atoms with Gasteiger partial charge in [-0.15, -0.1) is 5.10 Å². The van der Waals surface area contributed by atoms with Gasteiger partial charge in [-0.05, 0) is 30.7 Å². The van der Waals surface area contributed by atoms with Crippen LogP contribution in [-0.2, 0) is 13.0 Å². The van der Waals surface area contributed by atoms with E-state index in [1.165, 1.54) is 12.1 Å². The van der Waals surface area contributed by atoms with Gasteiger partial charge in [0.15, 0.2) is 5.69 Å². The number of carbonyl (C=O) groups is 1. The molecule has 1 N–H and O–H groups in total. The van der Waals surface area contributed by atoms with Crippen LogP contribution in [0.3, 0.4) is 0 Å². The number of carboxylic acids is 1. The maximum absolute atomic E-state index is 12.7. The van der Waals surface area contributed by atoms with Crippen LogP contribution in [0.4, 0.5) is 4.39 Å². The lowest BCUT2D eigenvalue weighted by atomic mass is 10.2. The molecule has 1 aromatic carbocycles. The normalized spacial score (nSPS) is 10.6. The minimum atomic E-state index is -1.07. The van der Waals surface area contributed by atoms with E-state index in [0.29, 0.717) is 37.4 Å². The second kappa shape index (κ2) is 6.83. The van der Waals surface area contributed by atoms with Gasteiger partial charge in [-0.25, -0.2) is 13.9 Å². The molecule has 0 fully saturated rings. The maximum atomic E-state index is 12.7. The minimum absolute atomic E-state index is 0.00282. The van der Waals surface area contributed by atoms with Gasteiger partial charge < -0.3 is 9.84 Å². The standard InChI is InChI=1S/C14H16FN3O3/c1-2-12-13(14(19)20)16-17-18(12)8-3-9-21-11-6-4-10(15)5-7-11/h4-7H,2-3,8-9H2,1H3,(H,19,20). The highest BCUT2D eigenvalue weighted by Crippen LogP contribution is 2.12. The van der Waals surface area contributed by atoms with Crippen molar-refractivity contribution in [1.29, 1.82) is 0 Å². The Bertz CT molecular complexity index is 610. The Kier molecular flexibility index (Phi) is 4.86. The Labute approximate surface area is 121 Å². The van der Waals surface area contributed by atoms with Crippen molar-refractivity contribution in [3.05, 3.63) is 41.5 Å². The first kappa shape index (κ1) is 15.0. The molecule has 0 radical (unpaired) electrons. The van der Waals surface area contributed by atoms with Crippen molar-refractivity contribution in [2.75, 3.05) is 6.61 Å². The Hall–Kier alpha value is -2.44. The van der Waals surface area contributed by atoms with Crippen LogP contribution in [0.5, 0.6) is 5.75 Å². The molecular weight excluding hydrogens is 277 g/mol. The molecule has 0 aliphatic heterocycles. The van der Waals surface area contributed by atoms with Crippen LogP contribution in [0.25, 0.3) is 0 Å². The maximum Gasteiger partial charge on any atom is 0.358 e. The molecule has 0 saturated carbocycles. The summed E-state index contributed by atoms with van der Waals surface area (Å²) in [5, 5.41) is 16.5. The minimum Gasteiger partial charge on any atom is -0.494 e. The molecule has 6 nitrogen and oxygen atoms in total. The number of hydrogen-bond donors (Lipinski definition) is 1. The van der Waals surface area contributed by atoms with Crippen molar-refractivity contribution < 1.29 is 19.0 Å². The predicted octanol–water partition coefficient (Wildman–Crippen LogP) is 2.15. The number of ether oxygens (including phenoxy) is 1. The van der Waals surface area contributed by atoms with Crippen LogP contribution < -0.4 is 4.74 Å². The average Bonchev–Trinajstić information content (AvgIpc) is 2.88. The summed E-state index contributed by atoms with van der Waals surface area (Å²) in [6, 6.07) is 5.79. The summed E-state index contributed by atoms with van der Waals surface area (Å²) in [5.41, 5.74) is 0.598. The molecule has 1 aromatic heterocycles. The molecule has 2 aromatic rings. The van der Waals surface area contributed by atoms with E-state index in [-0.39, 0.29) is 11.5 Å². The summed E-state index contributed by atoms with van der Waals surface area (Å²) in [5.74, 6) is -0.781. The lowest BCUT2D eigenvalue weighted by Gasteiger charge is -2.07. The highest BCUT2D eigenvalue weighted by atomic mass is 19.1. The summed E-state index contributed by atoms with van der Waals surface area (Å²) >= 11 is 0. The zero-order chi connectivity index (χ0) is 15.2. The van der Waals surface area contributed by atoms with Gasteiger partial charge in [0, 0.05) is 13.0 Å². The van der Waals surface area contributed by atoms with Crippen molar-refractivity contribution in [2.45, 2.75) is 26.3 Å². The van der Waals surface area contributed by atoms with Gasteiger partial charge in [0.05, 0.1) is 12.3 Å². The van der Waals surface area contributed by atoms with Crippen molar-refractivity contribution in [2.24, 2.45) is 0 Å². The molecule has 21 heavy (non-hydrogen) atoms. The van der Waals surface area contributed by atoms with E-state index in [0.717, 1.165) is 0 Å². The molecule has 0 atom stereocenters. The van der Waals surface area contributed by atoms with Crippen molar-refractivity contribution in [3.8, 4) is 5.75 Å². The first-order valence-electron chi connectivity index (χ1n) is 6.65. The quantitative estimate of drug-likeness (QED) is 0.791. The van der Waals surface area contributed by atoms with Crippen LogP contribution in [0.2, 0.25) is 0 Å². The lowest BCUT2D eigenvalue weighted by molar-refractivity contribution is 0.0689. The lowest BCUT2D eigenvalue weighted by Crippen LogP contribution is -2.10. The average molecular weight is 293 g/mol. The van der Waals surface area contributed by atoms with Crippen LogP contribution in [0.15, 0.2) is 24.3 Å². The summed E-state index contributed by atoms with van der Waals surface area (Å²) in [6.07, 6.45) is 1.19. The molecule has 0 spiro atoms. The Morgan fingerprint density at radius 3 is 2.71 bits per heavy atom. The molecule has 0 amide bonds. The van der Waals surface area contributed by atoms with E-state index in [1.54, 1.807) is 16.8 Å². The van der Waals surface area contributed by atoms with E-state index in [2.05, 4.69) is 10.3 Å². The van der Waals surface area contributed by atoms with E-state index < -0.39 is 5.97 Å². The summed E-state index contributed by atoms with van der Waals surface area (Å²) in [4.78, 5) is 11.0. The molecule has 7 heteroatoms. The second-order valence-corrected chi connectivity index (χ2v) is 4.42. The van der Waals surface area contributed by atoms with Gasteiger partial charge in [0.25, 0.3) is 0 Å². The van der Waals surface area contributed by atoms with Gasteiger partial charge in [0.2, 0.25) is 0 Å². The van der Waals surface area contributed by atoms with E-state index >= 15 is 0 Å². The molecule has 0 aliphatic rings. The van der Waals surface area contributed by atoms with Gasteiger partial charge in [-0.2, -0.15) is 0 Å². The van der Waals surface area contributed by atoms with Crippen LogP contribution in [0.1, 0.15) is 29.5 Å². The third-order valence-corrected chi connectivity index (χ3v) is 2.97. The first-order chi connectivity index (χ1) is 10.1. The fraction of sp³-hybridized carbons (Fsp3) is 0.357. The molecule has 0 unspecified atom stereocenters. The third kappa shape index (κ3) is 3.77. The molecule has 0 aliphatic carbocycles. The molecular formula is C14H16FN3O3. The van der Waals surface area contributed by atoms with Crippen molar-refractivity contribution in [1.82, 2.24) is 15.0 Å². The van der Waals surface area contributed by atoms with E-state index in [9.17, 15) is 9.18 Å². The van der Waals surface area contributed by atoms with E-state index in [1.807, 2.05) is 6.92 Å². The molecule has 2 rings (SSSR count). The van der Waals surface area contributed by atoms with Crippen LogP contribution in [-0.4, -0.2) is 32.7 Å². The van der Waals surface area contributed by atoms with Gasteiger partial charge in [0.1, 0.15) is 11.6 Å². The number of hydrogen-bond acceptors (Lipinski definition) is 4. The number of carboxylic acid groups (broad SMARTS) is 1. The largest absolute Gasteiger partial charge is 0.494 e. The number of benzene rings is 1. The number of nitrogens with zero attached hydrogens (tertiary/aromatic N) is 3. The molecule has 0 saturated heterocycles. The van der Waals surface area contributed by atoms with Crippen LogP contribution >= 0.6 is 0 Å². The Morgan fingerprint density at radius 2 is 2.10 bits per heavy atom. The highest BCUT2D eigenvalue weighted by molar-refractivity contribution is 5.86. The van der Waals surface area contributed by atoms with E-state index in [4.69, 9.17) is 9.84 Å². The molecule has 0 bridgehead atoms. The number of halogens is 1. The monoisotopic (exact) mass is 293 g/mol. The van der Waals surface area contributed by atoms with Crippen LogP contribution in [0, 0.1) is 5.82 Å². The van der Waals surface area contributed by atoms with Gasteiger partial charge >= 0.3 is 5.97 Å². The SMILES string of the molecule is CCc1c(C(=O)O)nnn1CCCOc1ccc(F)cc1. The fourth-order valence-electron chi connectivity index (χ4n) is 1.96. The van der Waals surface area contributed by atoms with Gasteiger partial charge in [-0.1, -0.05) is 12.1 Å². The zero-order valence-corrected chi connectivity index (χ0v) is 11.6. The zero-order valence-electron chi connectivity index (χ0n) is 11.6. The summed E-state index contributed by atoms with van der Waals surface area (Å²) in [6.45, 7) is 2.80. The highest BCUT2D eigenvalue weighted by Gasteiger charge is 2.16. The topological polar surface area (TPSA) is 77.2 Å². The van der Waals surface area contributed by atoms with Gasteiger partial charge in [-0.3, -0.25) is 0 Å². The number of aromatic carboxylic acids is 1. The number of aromatic nitrogens is 3. The van der Waals surface area contributed by atoms with Crippen molar-refractivity contribution in [3.63, 3.8) is 0 Å². The Balaban J connectivity index is 1.86.